The molecule has 44 heavy (non-hydrogen) atoms. The smallest absolute Gasteiger partial charge is 0.329 e. The van der Waals surface area contributed by atoms with Crippen molar-refractivity contribution in [2.45, 2.75) is 110 Å². The first-order chi connectivity index (χ1) is 20.9. The summed E-state index contributed by atoms with van der Waals surface area (Å²) in [5, 5.41) is 3.05. The molecule has 3 aliphatic rings. The number of nitrogens with zero attached hydrogens (tertiary/aromatic N) is 3. The highest BCUT2D eigenvalue weighted by molar-refractivity contribution is 5.96. The number of benzene rings is 1. The van der Waals surface area contributed by atoms with E-state index in [-0.39, 0.29) is 53.7 Å². The summed E-state index contributed by atoms with van der Waals surface area (Å²) in [5.41, 5.74) is 2.76. The van der Waals surface area contributed by atoms with Gasteiger partial charge in [-0.1, -0.05) is 64.5 Å². The van der Waals surface area contributed by atoms with Gasteiger partial charge in [0.25, 0.3) is 0 Å². The number of likely N-dealkylation sites (tertiary alicyclic amines) is 2. The Kier molecular flexibility index (Phi) is 11.3. The number of likely N-dealkylation sites (N-methyl/N-ethyl adjacent to an activating group) is 2. The molecule has 1 aromatic rings. The van der Waals surface area contributed by atoms with Gasteiger partial charge in [-0.2, -0.15) is 0 Å². The fourth-order valence-electron chi connectivity index (χ4n) is 6.96. The van der Waals surface area contributed by atoms with E-state index in [0.29, 0.717) is 18.5 Å². The molecule has 242 valence electrons. The SMILES string of the molecule is CC(=C[C@H](C(C)C)N(C)C(=O)[C@@H](NC(=O)[C@H]1CCCCN1C)C(C)C)C(=O)N1CCC[C@H]1C(=O)OC1CCc2ccccc21. The van der Waals surface area contributed by atoms with E-state index >= 15 is 0 Å². The molecule has 1 aliphatic carbocycles. The topological polar surface area (TPSA) is 99.3 Å². The van der Waals surface area contributed by atoms with Crippen LogP contribution in [0.3, 0.4) is 0 Å². The zero-order valence-corrected chi connectivity index (χ0v) is 27.7. The van der Waals surface area contributed by atoms with Crippen LogP contribution in [0.4, 0.5) is 0 Å². The minimum absolute atomic E-state index is 0.0152. The minimum Gasteiger partial charge on any atom is -0.456 e. The Bertz CT molecular complexity index is 1240. The van der Waals surface area contributed by atoms with Crippen LogP contribution in [0.2, 0.25) is 0 Å². The number of nitrogens with one attached hydrogen (secondary N) is 1. The molecule has 2 aliphatic heterocycles. The van der Waals surface area contributed by atoms with Gasteiger partial charge in [0.15, 0.2) is 0 Å². The lowest BCUT2D eigenvalue weighted by atomic mass is 9.96. The molecule has 9 nitrogen and oxygen atoms in total. The van der Waals surface area contributed by atoms with Crippen LogP contribution in [0.15, 0.2) is 35.9 Å². The standard InChI is InChI=1S/C35H52N4O5/c1-22(2)29(38(7)34(42)31(23(3)4)36-32(40)27-15-10-11-19-37(27)6)21-24(5)33(41)39-20-12-16-28(39)35(43)44-30-18-17-25-13-8-9-14-26(25)30/h8-9,13-14,21-23,27-31H,10-12,15-20H2,1-7H3,(H,36,40)/t27-,28+,29-,30?,31+/m1/s1. The Morgan fingerprint density at radius 2 is 1.66 bits per heavy atom. The number of amides is 3. The van der Waals surface area contributed by atoms with Crippen LogP contribution >= 0.6 is 0 Å². The maximum atomic E-state index is 13.8. The molecule has 5 atom stereocenters. The average Bonchev–Trinajstić information content (AvgIpc) is 3.65. The lowest BCUT2D eigenvalue weighted by Crippen LogP contribution is -2.57. The van der Waals surface area contributed by atoms with E-state index < -0.39 is 12.1 Å². The van der Waals surface area contributed by atoms with Crippen LogP contribution in [0.25, 0.3) is 0 Å². The number of aryl methyl sites for hydroxylation is 1. The van der Waals surface area contributed by atoms with E-state index in [1.54, 1.807) is 23.8 Å². The quantitative estimate of drug-likeness (QED) is 0.315. The fraction of sp³-hybridized carbons (Fsp3) is 0.657. The van der Waals surface area contributed by atoms with E-state index in [0.717, 1.165) is 50.6 Å². The van der Waals surface area contributed by atoms with Crippen molar-refractivity contribution in [3.63, 3.8) is 0 Å². The van der Waals surface area contributed by atoms with Gasteiger partial charge in [0.2, 0.25) is 17.7 Å². The first-order valence-electron chi connectivity index (χ1n) is 16.5. The molecule has 0 aromatic heterocycles. The van der Waals surface area contributed by atoms with Gasteiger partial charge in [-0.05, 0) is 82.0 Å². The lowest BCUT2D eigenvalue weighted by Gasteiger charge is -2.36. The van der Waals surface area contributed by atoms with Crippen molar-refractivity contribution in [3.8, 4) is 0 Å². The van der Waals surface area contributed by atoms with Gasteiger partial charge in [0, 0.05) is 19.2 Å². The molecule has 2 fully saturated rings. The van der Waals surface area contributed by atoms with Gasteiger partial charge < -0.3 is 19.9 Å². The van der Waals surface area contributed by atoms with Gasteiger partial charge in [0.05, 0.1) is 12.1 Å². The summed E-state index contributed by atoms with van der Waals surface area (Å²) in [6, 6.07) is 6.16. The second-order valence-corrected chi connectivity index (χ2v) is 13.6. The minimum atomic E-state index is -0.674. The third-order valence-corrected chi connectivity index (χ3v) is 9.66. The maximum Gasteiger partial charge on any atom is 0.329 e. The molecule has 1 aromatic carbocycles. The number of ether oxygens (including phenoxy) is 1. The van der Waals surface area contributed by atoms with Gasteiger partial charge in [0.1, 0.15) is 18.2 Å². The van der Waals surface area contributed by atoms with Crippen molar-refractivity contribution in [2.24, 2.45) is 11.8 Å². The second kappa shape index (κ2) is 14.7. The van der Waals surface area contributed by atoms with E-state index in [4.69, 9.17) is 4.74 Å². The predicted molar refractivity (Wildman–Crippen MR) is 171 cm³/mol. The van der Waals surface area contributed by atoms with Crippen molar-refractivity contribution in [1.29, 1.82) is 0 Å². The molecule has 0 spiro atoms. The number of carbonyl (C=O) groups excluding carboxylic acids is 4. The lowest BCUT2D eigenvalue weighted by molar-refractivity contribution is -0.157. The highest BCUT2D eigenvalue weighted by atomic mass is 16.5. The molecule has 0 bridgehead atoms. The van der Waals surface area contributed by atoms with E-state index in [9.17, 15) is 19.2 Å². The van der Waals surface area contributed by atoms with Crippen LogP contribution in [0.5, 0.6) is 0 Å². The molecule has 0 radical (unpaired) electrons. The summed E-state index contributed by atoms with van der Waals surface area (Å²) in [6.07, 6.45) is 7.38. The van der Waals surface area contributed by atoms with Crippen LogP contribution in [0.1, 0.15) is 90.4 Å². The highest BCUT2D eigenvalue weighted by Crippen LogP contribution is 2.35. The van der Waals surface area contributed by atoms with Crippen molar-refractivity contribution < 1.29 is 23.9 Å². The zero-order chi connectivity index (χ0) is 32.1. The highest BCUT2D eigenvalue weighted by Gasteiger charge is 2.39. The first-order valence-corrected chi connectivity index (χ1v) is 16.5. The summed E-state index contributed by atoms with van der Waals surface area (Å²) >= 11 is 0. The van der Waals surface area contributed by atoms with Gasteiger partial charge in [-0.3, -0.25) is 19.3 Å². The molecular weight excluding hydrogens is 556 g/mol. The Hall–Kier alpha value is -3.20. The van der Waals surface area contributed by atoms with Crippen LogP contribution in [-0.4, -0.2) is 89.7 Å². The number of hydrogen-bond donors (Lipinski definition) is 1. The van der Waals surface area contributed by atoms with Gasteiger partial charge in [-0.15, -0.1) is 0 Å². The van der Waals surface area contributed by atoms with Crippen molar-refractivity contribution in [1.82, 2.24) is 20.0 Å². The maximum absolute atomic E-state index is 13.8. The Labute approximate surface area is 263 Å². The summed E-state index contributed by atoms with van der Waals surface area (Å²) < 4.78 is 5.96. The van der Waals surface area contributed by atoms with Crippen LogP contribution in [0, 0.1) is 11.8 Å². The van der Waals surface area contributed by atoms with Gasteiger partial charge in [-0.25, -0.2) is 4.79 Å². The Morgan fingerprint density at radius 1 is 0.955 bits per heavy atom. The summed E-state index contributed by atoms with van der Waals surface area (Å²) in [5.74, 6) is -0.939. The monoisotopic (exact) mass is 608 g/mol. The number of fused-ring (bicyclic) bond motifs is 1. The average molecular weight is 609 g/mol. The third-order valence-electron chi connectivity index (χ3n) is 9.66. The van der Waals surface area contributed by atoms with Crippen molar-refractivity contribution in [2.75, 3.05) is 27.2 Å². The zero-order valence-electron chi connectivity index (χ0n) is 27.7. The molecule has 9 heteroatoms. The number of carbonyl (C=O) groups is 4. The van der Waals surface area contributed by atoms with Crippen molar-refractivity contribution in [3.05, 3.63) is 47.0 Å². The van der Waals surface area contributed by atoms with Crippen molar-refractivity contribution >= 4 is 23.7 Å². The molecule has 1 N–H and O–H groups in total. The Morgan fingerprint density at radius 3 is 2.34 bits per heavy atom. The van der Waals surface area contributed by atoms with Crippen LogP contribution < -0.4 is 5.32 Å². The molecule has 2 heterocycles. The number of hydrogen-bond acceptors (Lipinski definition) is 6. The van der Waals surface area contributed by atoms with E-state index in [1.165, 1.54) is 5.56 Å². The second-order valence-electron chi connectivity index (χ2n) is 13.6. The summed E-state index contributed by atoms with van der Waals surface area (Å²) in [6.45, 7) is 11.0. The largest absolute Gasteiger partial charge is 0.456 e. The predicted octanol–water partition coefficient (Wildman–Crippen LogP) is 4.26. The first kappa shape index (κ1) is 33.7. The van der Waals surface area contributed by atoms with Crippen LogP contribution in [-0.2, 0) is 30.3 Å². The molecular formula is C35H52N4O5. The number of esters is 1. The Balaban J connectivity index is 1.44. The normalized spacial score (nSPS) is 23.8. The fourth-order valence-corrected chi connectivity index (χ4v) is 6.96. The molecule has 0 saturated carbocycles. The third kappa shape index (κ3) is 7.53. The number of piperidine rings is 1. The summed E-state index contributed by atoms with van der Waals surface area (Å²) in [7, 11) is 3.70. The van der Waals surface area contributed by atoms with E-state index in [2.05, 4.69) is 16.3 Å². The molecule has 3 amide bonds. The van der Waals surface area contributed by atoms with Gasteiger partial charge >= 0.3 is 5.97 Å². The van der Waals surface area contributed by atoms with E-state index in [1.807, 2.05) is 59.0 Å². The summed E-state index contributed by atoms with van der Waals surface area (Å²) in [4.78, 5) is 59.4. The molecule has 2 saturated heterocycles. The molecule has 4 rings (SSSR count). The molecule has 1 unspecified atom stereocenters. The number of rotatable bonds is 10.